The quantitative estimate of drug-likeness (QED) is 0.478. The van der Waals surface area contributed by atoms with Crippen molar-refractivity contribution in [3.8, 4) is 5.75 Å². The van der Waals surface area contributed by atoms with Gasteiger partial charge in [0.05, 0.1) is 19.2 Å². The molecule has 0 saturated carbocycles. The zero-order chi connectivity index (χ0) is 24.1. The fraction of sp³-hybridized carbons (Fsp3) is 0.241. The number of carbonyl (C=O) groups is 2. The highest BCUT2D eigenvalue weighted by molar-refractivity contribution is 5.98. The zero-order valence-corrected chi connectivity index (χ0v) is 19.8. The molecule has 1 saturated heterocycles. The fourth-order valence-corrected chi connectivity index (χ4v) is 5.68. The normalized spacial score (nSPS) is 20.5. The number of benzene rings is 3. The van der Waals surface area contributed by atoms with Crippen molar-refractivity contribution in [1.82, 2.24) is 14.8 Å². The highest BCUT2D eigenvalue weighted by Gasteiger charge is 2.49. The third kappa shape index (κ3) is 3.40. The van der Waals surface area contributed by atoms with Crippen LogP contribution in [0.4, 0.5) is 0 Å². The van der Waals surface area contributed by atoms with Crippen LogP contribution < -0.4 is 4.74 Å². The summed E-state index contributed by atoms with van der Waals surface area (Å²) in [6.07, 6.45) is 0.488. The van der Waals surface area contributed by atoms with Crippen molar-refractivity contribution in [1.29, 1.82) is 0 Å². The van der Waals surface area contributed by atoms with E-state index in [1.54, 1.807) is 16.9 Å². The average Bonchev–Trinajstić information content (AvgIpc) is 3.28. The summed E-state index contributed by atoms with van der Waals surface area (Å²) in [5, 5.41) is 1.10. The zero-order valence-electron chi connectivity index (χ0n) is 19.8. The number of methoxy groups -OCH3 is 1. The van der Waals surface area contributed by atoms with Crippen LogP contribution in [0.1, 0.15) is 41.4 Å². The summed E-state index contributed by atoms with van der Waals surface area (Å²) in [7, 11) is 1.63. The number of rotatable bonds is 4. The molecule has 2 amide bonds. The number of piperazine rings is 1. The Labute approximate surface area is 204 Å². The number of ether oxygens (including phenoxy) is 1. The van der Waals surface area contributed by atoms with Gasteiger partial charge in [-0.05, 0) is 41.8 Å². The number of fused-ring (bicyclic) bond motifs is 4. The first-order valence-electron chi connectivity index (χ1n) is 12.0. The molecule has 6 nitrogen and oxygen atoms in total. The Kier molecular flexibility index (Phi) is 5.10. The molecule has 3 atom stereocenters. The van der Waals surface area contributed by atoms with Gasteiger partial charge < -0.3 is 19.5 Å². The Hall–Kier alpha value is -4.06. The van der Waals surface area contributed by atoms with Crippen LogP contribution >= 0.6 is 0 Å². The minimum absolute atomic E-state index is 0.00946. The molecule has 1 fully saturated rings. The van der Waals surface area contributed by atoms with Gasteiger partial charge in [-0.1, -0.05) is 60.7 Å². The summed E-state index contributed by atoms with van der Waals surface area (Å²) in [6.45, 7) is 2.05. The van der Waals surface area contributed by atoms with Crippen molar-refractivity contribution in [2.75, 3.05) is 13.7 Å². The van der Waals surface area contributed by atoms with Gasteiger partial charge in [-0.15, -0.1) is 0 Å². The van der Waals surface area contributed by atoms with E-state index >= 15 is 0 Å². The van der Waals surface area contributed by atoms with Crippen molar-refractivity contribution in [2.24, 2.45) is 0 Å². The number of nitrogens with one attached hydrogen (secondary N) is 1. The van der Waals surface area contributed by atoms with Crippen molar-refractivity contribution >= 4 is 22.7 Å². The van der Waals surface area contributed by atoms with Gasteiger partial charge in [0.2, 0.25) is 11.8 Å². The molecule has 0 radical (unpaired) electrons. The first-order valence-corrected chi connectivity index (χ1v) is 12.0. The number of amides is 2. The maximum Gasteiger partial charge on any atom is 0.246 e. The lowest BCUT2D eigenvalue weighted by atomic mass is 9.85. The van der Waals surface area contributed by atoms with Gasteiger partial charge in [-0.2, -0.15) is 0 Å². The second-order valence-electron chi connectivity index (χ2n) is 9.32. The Morgan fingerprint density at radius 1 is 0.971 bits per heavy atom. The van der Waals surface area contributed by atoms with Crippen molar-refractivity contribution in [3.63, 3.8) is 0 Å². The largest absolute Gasteiger partial charge is 0.497 e. The van der Waals surface area contributed by atoms with Gasteiger partial charge >= 0.3 is 0 Å². The highest BCUT2D eigenvalue weighted by atomic mass is 16.5. The summed E-state index contributed by atoms with van der Waals surface area (Å²) in [6, 6.07) is 24.7. The van der Waals surface area contributed by atoms with E-state index in [0.29, 0.717) is 6.42 Å². The lowest BCUT2D eigenvalue weighted by Crippen LogP contribution is -2.63. The van der Waals surface area contributed by atoms with E-state index in [4.69, 9.17) is 4.74 Å². The number of aromatic amines is 1. The topological polar surface area (TPSA) is 65.6 Å². The first kappa shape index (κ1) is 21.5. The molecular formula is C29H27N3O3. The molecule has 3 aromatic carbocycles. The lowest BCUT2D eigenvalue weighted by molar-refractivity contribution is -0.160. The maximum absolute atomic E-state index is 14.0. The van der Waals surface area contributed by atoms with Crippen LogP contribution in [0.15, 0.2) is 78.9 Å². The monoisotopic (exact) mass is 465 g/mol. The Morgan fingerprint density at radius 2 is 1.74 bits per heavy atom. The Morgan fingerprint density at radius 3 is 2.54 bits per heavy atom. The minimum Gasteiger partial charge on any atom is -0.497 e. The van der Waals surface area contributed by atoms with E-state index in [1.807, 2.05) is 79.7 Å². The number of nitrogens with zero attached hydrogens (tertiary/aromatic N) is 2. The molecule has 1 N–H and O–H groups in total. The minimum atomic E-state index is -0.565. The number of carbonyl (C=O) groups excluding carboxylic acids is 2. The molecule has 0 bridgehead atoms. The third-order valence-electron chi connectivity index (χ3n) is 7.45. The number of aromatic nitrogens is 1. The fourth-order valence-electron chi connectivity index (χ4n) is 5.68. The van der Waals surface area contributed by atoms with Gasteiger partial charge in [0, 0.05) is 23.0 Å². The summed E-state index contributed by atoms with van der Waals surface area (Å²) >= 11 is 0. The van der Waals surface area contributed by atoms with Gasteiger partial charge in [-0.25, -0.2) is 0 Å². The van der Waals surface area contributed by atoms with E-state index < -0.39 is 12.1 Å². The summed E-state index contributed by atoms with van der Waals surface area (Å²) in [4.78, 5) is 34.9. The molecule has 4 aromatic rings. The second-order valence-corrected chi connectivity index (χ2v) is 9.32. The molecule has 2 aliphatic heterocycles. The molecule has 0 aliphatic carbocycles. The SMILES string of the molecule is COc1cccc(C2c3[nH]c4ccccc4c3C[C@H]3C(=O)N(C(C)c4ccccc4)CC(=O)N23)c1. The van der Waals surface area contributed by atoms with E-state index in [-0.39, 0.29) is 24.4 Å². The summed E-state index contributed by atoms with van der Waals surface area (Å²) in [5.74, 6) is 0.664. The smallest absolute Gasteiger partial charge is 0.246 e. The number of para-hydroxylation sites is 1. The van der Waals surface area contributed by atoms with Gasteiger partial charge in [0.25, 0.3) is 0 Å². The molecule has 1 aromatic heterocycles. The van der Waals surface area contributed by atoms with Crippen LogP contribution in [0.5, 0.6) is 5.75 Å². The van der Waals surface area contributed by atoms with E-state index in [2.05, 4.69) is 11.1 Å². The molecule has 2 aliphatic rings. The lowest BCUT2D eigenvalue weighted by Gasteiger charge is -2.48. The van der Waals surface area contributed by atoms with E-state index in [0.717, 1.165) is 39.0 Å². The van der Waals surface area contributed by atoms with Crippen LogP contribution in [0.25, 0.3) is 10.9 Å². The number of H-pyrrole nitrogens is 1. The van der Waals surface area contributed by atoms with Crippen LogP contribution in [0.2, 0.25) is 0 Å². The van der Waals surface area contributed by atoms with Crippen molar-refractivity contribution < 1.29 is 14.3 Å². The molecule has 176 valence electrons. The van der Waals surface area contributed by atoms with E-state index in [9.17, 15) is 9.59 Å². The highest BCUT2D eigenvalue weighted by Crippen LogP contribution is 2.43. The van der Waals surface area contributed by atoms with Crippen LogP contribution in [-0.4, -0.2) is 46.3 Å². The first-order chi connectivity index (χ1) is 17.1. The molecule has 6 heteroatoms. The number of hydrogen-bond acceptors (Lipinski definition) is 3. The molecular weight excluding hydrogens is 438 g/mol. The Balaban J connectivity index is 1.48. The molecule has 0 spiro atoms. The van der Waals surface area contributed by atoms with Gasteiger partial charge in [0.1, 0.15) is 18.3 Å². The van der Waals surface area contributed by atoms with Gasteiger partial charge in [-0.3, -0.25) is 9.59 Å². The van der Waals surface area contributed by atoms with Crippen LogP contribution in [-0.2, 0) is 16.0 Å². The molecule has 3 heterocycles. The average molecular weight is 466 g/mol. The molecule has 6 rings (SSSR count). The molecule has 35 heavy (non-hydrogen) atoms. The van der Waals surface area contributed by atoms with Crippen molar-refractivity contribution in [2.45, 2.75) is 31.5 Å². The molecule has 2 unspecified atom stereocenters. The predicted molar refractivity (Wildman–Crippen MR) is 134 cm³/mol. The van der Waals surface area contributed by atoms with E-state index in [1.165, 1.54) is 0 Å². The standard InChI is InChI=1S/C29H27N3O3/c1-18(19-9-4-3-5-10-19)31-17-26(33)32-25(29(31)34)16-23-22-13-6-7-14-24(22)30-27(23)28(32)20-11-8-12-21(15-20)35-2/h3-15,18,25,28,30H,16-17H2,1-2H3/t18?,25-,28?/m0/s1. The second kappa shape index (κ2) is 8.31. The van der Waals surface area contributed by atoms with Crippen LogP contribution in [0, 0.1) is 0 Å². The maximum atomic E-state index is 14.0. The van der Waals surface area contributed by atoms with Crippen molar-refractivity contribution in [3.05, 3.63) is 101 Å². The summed E-state index contributed by atoms with van der Waals surface area (Å²) in [5.41, 5.74) is 5.04. The number of hydrogen-bond donors (Lipinski definition) is 1. The predicted octanol–water partition coefficient (Wildman–Crippen LogP) is 4.62. The van der Waals surface area contributed by atoms with Gasteiger partial charge in [0.15, 0.2) is 0 Å². The summed E-state index contributed by atoms with van der Waals surface area (Å²) < 4.78 is 5.49. The third-order valence-corrected chi connectivity index (χ3v) is 7.45. The van der Waals surface area contributed by atoms with Crippen LogP contribution in [0.3, 0.4) is 0 Å². The Bertz CT molecular complexity index is 1430.